The summed E-state index contributed by atoms with van der Waals surface area (Å²) < 4.78 is 6.02. The van der Waals surface area contributed by atoms with E-state index in [0.29, 0.717) is 9.61 Å². The topological polar surface area (TPSA) is 55.6 Å². The number of hydrogen-bond donors (Lipinski definition) is 0. The predicted molar refractivity (Wildman–Crippen MR) is 78.1 cm³/mol. The summed E-state index contributed by atoms with van der Waals surface area (Å²) in [4.78, 5) is 12.6. The molecule has 0 aromatic heterocycles. The standard InChI is InChI=1S/C12H15IN2O3/c1-14(9-4-6-18-7-5-9)10-2-3-12(15(16)17)11(13)8-10/h2-3,8-9H,4-7H2,1H3. The molecule has 1 heterocycles. The second-order valence-corrected chi connectivity index (χ2v) is 5.51. The maximum absolute atomic E-state index is 10.8. The third-order valence-corrected chi connectivity index (χ3v) is 4.14. The second-order valence-electron chi connectivity index (χ2n) is 4.35. The van der Waals surface area contributed by atoms with Crippen molar-refractivity contribution in [2.24, 2.45) is 0 Å². The maximum atomic E-state index is 10.8. The summed E-state index contributed by atoms with van der Waals surface area (Å²) in [5.74, 6) is 0. The van der Waals surface area contributed by atoms with Gasteiger partial charge in [0.1, 0.15) is 0 Å². The Balaban J connectivity index is 2.17. The van der Waals surface area contributed by atoms with Gasteiger partial charge in [-0.05, 0) is 47.6 Å². The van der Waals surface area contributed by atoms with Crippen LogP contribution in [-0.4, -0.2) is 31.2 Å². The smallest absolute Gasteiger partial charge is 0.282 e. The number of hydrogen-bond acceptors (Lipinski definition) is 4. The molecule has 0 saturated carbocycles. The van der Waals surface area contributed by atoms with Crippen molar-refractivity contribution in [3.63, 3.8) is 0 Å². The molecule has 1 saturated heterocycles. The minimum Gasteiger partial charge on any atom is -0.381 e. The molecule has 1 aromatic carbocycles. The zero-order valence-electron chi connectivity index (χ0n) is 10.1. The van der Waals surface area contributed by atoms with Gasteiger partial charge in [-0.15, -0.1) is 0 Å². The Morgan fingerprint density at radius 3 is 2.67 bits per heavy atom. The lowest BCUT2D eigenvalue weighted by Crippen LogP contribution is -2.36. The molecule has 1 aromatic rings. The molecule has 0 aliphatic carbocycles. The van der Waals surface area contributed by atoms with Crippen LogP contribution in [0.1, 0.15) is 12.8 Å². The van der Waals surface area contributed by atoms with Crippen LogP contribution in [-0.2, 0) is 4.74 Å². The summed E-state index contributed by atoms with van der Waals surface area (Å²) in [6.45, 7) is 1.58. The van der Waals surface area contributed by atoms with E-state index in [2.05, 4.69) is 4.90 Å². The minimum absolute atomic E-state index is 0.166. The number of benzene rings is 1. The largest absolute Gasteiger partial charge is 0.381 e. The van der Waals surface area contributed by atoms with Crippen molar-refractivity contribution in [2.75, 3.05) is 25.2 Å². The summed E-state index contributed by atoms with van der Waals surface area (Å²) in [6.07, 6.45) is 2.01. The van der Waals surface area contributed by atoms with Crippen LogP contribution in [0.25, 0.3) is 0 Å². The SMILES string of the molecule is CN(c1ccc([N+](=O)[O-])c(I)c1)C1CCOCC1. The molecule has 0 unspecified atom stereocenters. The van der Waals surface area contributed by atoms with Crippen LogP contribution in [0.4, 0.5) is 11.4 Å². The number of nitro benzene ring substituents is 1. The first-order chi connectivity index (χ1) is 8.59. The van der Waals surface area contributed by atoms with Crippen molar-refractivity contribution in [3.8, 4) is 0 Å². The van der Waals surface area contributed by atoms with Crippen molar-refractivity contribution in [1.82, 2.24) is 0 Å². The monoisotopic (exact) mass is 362 g/mol. The van der Waals surface area contributed by atoms with Crippen molar-refractivity contribution in [1.29, 1.82) is 0 Å². The van der Waals surface area contributed by atoms with Gasteiger partial charge in [0.2, 0.25) is 0 Å². The van der Waals surface area contributed by atoms with Gasteiger partial charge in [0.05, 0.1) is 8.49 Å². The summed E-state index contributed by atoms with van der Waals surface area (Å²) in [7, 11) is 2.03. The molecule has 6 heteroatoms. The van der Waals surface area contributed by atoms with Gasteiger partial charge in [0, 0.05) is 38.1 Å². The molecule has 0 spiro atoms. The lowest BCUT2D eigenvalue weighted by Gasteiger charge is -2.33. The molecule has 0 bridgehead atoms. The van der Waals surface area contributed by atoms with Crippen molar-refractivity contribution >= 4 is 34.0 Å². The lowest BCUT2D eigenvalue weighted by molar-refractivity contribution is -0.385. The number of nitro groups is 1. The van der Waals surface area contributed by atoms with Crippen LogP contribution in [0.15, 0.2) is 18.2 Å². The zero-order valence-corrected chi connectivity index (χ0v) is 12.3. The highest BCUT2D eigenvalue weighted by molar-refractivity contribution is 14.1. The van der Waals surface area contributed by atoms with E-state index in [1.54, 1.807) is 6.07 Å². The average Bonchev–Trinajstić information content (AvgIpc) is 2.38. The van der Waals surface area contributed by atoms with Gasteiger partial charge in [-0.2, -0.15) is 0 Å². The van der Waals surface area contributed by atoms with Crippen LogP contribution in [0.5, 0.6) is 0 Å². The molecule has 2 rings (SSSR count). The fourth-order valence-corrected chi connectivity index (χ4v) is 2.84. The van der Waals surface area contributed by atoms with E-state index in [1.165, 1.54) is 0 Å². The Labute approximate surface area is 119 Å². The van der Waals surface area contributed by atoms with E-state index in [-0.39, 0.29) is 10.6 Å². The summed E-state index contributed by atoms with van der Waals surface area (Å²) in [5.41, 5.74) is 1.19. The quantitative estimate of drug-likeness (QED) is 0.472. The number of rotatable bonds is 3. The molecule has 0 amide bonds. The van der Waals surface area contributed by atoms with E-state index < -0.39 is 0 Å². The van der Waals surface area contributed by atoms with Crippen LogP contribution in [0.3, 0.4) is 0 Å². The fourth-order valence-electron chi connectivity index (χ4n) is 2.15. The predicted octanol–water partition coefficient (Wildman–Crippen LogP) is 2.81. The number of ether oxygens (including phenoxy) is 1. The van der Waals surface area contributed by atoms with E-state index in [9.17, 15) is 10.1 Å². The van der Waals surface area contributed by atoms with Gasteiger partial charge < -0.3 is 9.64 Å². The third-order valence-electron chi connectivity index (χ3n) is 3.27. The number of halogens is 1. The summed E-state index contributed by atoms with van der Waals surface area (Å²) in [5, 5.41) is 10.8. The molecule has 18 heavy (non-hydrogen) atoms. The number of nitrogens with zero attached hydrogens (tertiary/aromatic N) is 2. The molecular formula is C12H15IN2O3. The summed E-state index contributed by atoms with van der Waals surface area (Å²) >= 11 is 2.01. The molecule has 0 N–H and O–H groups in total. The normalized spacial score (nSPS) is 16.6. The average molecular weight is 362 g/mol. The Kier molecular flexibility index (Phi) is 4.39. The fraction of sp³-hybridized carbons (Fsp3) is 0.500. The van der Waals surface area contributed by atoms with E-state index >= 15 is 0 Å². The highest BCUT2D eigenvalue weighted by Crippen LogP contribution is 2.28. The van der Waals surface area contributed by atoms with Gasteiger partial charge in [-0.3, -0.25) is 10.1 Å². The van der Waals surface area contributed by atoms with Crippen LogP contribution < -0.4 is 4.90 Å². The first-order valence-electron chi connectivity index (χ1n) is 5.84. The third kappa shape index (κ3) is 2.92. The molecule has 0 atom stereocenters. The van der Waals surface area contributed by atoms with Crippen LogP contribution in [0, 0.1) is 13.7 Å². The second kappa shape index (κ2) is 5.83. The Morgan fingerprint density at radius 2 is 2.11 bits per heavy atom. The molecule has 1 aliphatic rings. The van der Waals surface area contributed by atoms with Gasteiger partial charge >= 0.3 is 0 Å². The maximum Gasteiger partial charge on any atom is 0.282 e. The van der Waals surface area contributed by atoms with Gasteiger partial charge in [0.15, 0.2) is 0 Å². The Bertz CT molecular complexity index is 447. The van der Waals surface area contributed by atoms with Gasteiger partial charge in [-0.1, -0.05) is 0 Å². The Morgan fingerprint density at radius 1 is 1.44 bits per heavy atom. The van der Waals surface area contributed by atoms with E-state index in [4.69, 9.17) is 4.74 Å². The molecular weight excluding hydrogens is 347 g/mol. The Hall–Kier alpha value is -0.890. The molecule has 5 nitrogen and oxygen atoms in total. The summed E-state index contributed by atoms with van der Waals surface area (Å²) in [6, 6.07) is 5.72. The minimum atomic E-state index is -0.347. The van der Waals surface area contributed by atoms with E-state index in [0.717, 1.165) is 31.7 Å². The zero-order chi connectivity index (χ0) is 13.1. The van der Waals surface area contributed by atoms with Crippen molar-refractivity contribution in [3.05, 3.63) is 31.9 Å². The first-order valence-corrected chi connectivity index (χ1v) is 6.92. The van der Waals surface area contributed by atoms with Crippen molar-refractivity contribution < 1.29 is 9.66 Å². The molecule has 1 fully saturated rings. The van der Waals surface area contributed by atoms with Gasteiger partial charge in [-0.25, -0.2) is 0 Å². The molecule has 0 radical (unpaired) electrons. The van der Waals surface area contributed by atoms with Crippen LogP contribution >= 0.6 is 22.6 Å². The highest BCUT2D eigenvalue weighted by Gasteiger charge is 2.20. The van der Waals surface area contributed by atoms with Crippen molar-refractivity contribution in [2.45, 2.75) is 18.9 Å². The van der Waals surface area contributed by atoms with E-state index in [1.807, 2.05) is 41.8 Å². The molecule has 98 valence electrons. The first kappa shape index (κ1) is 13.5. The molecule has 1 aliphatic heterocycles. The highest BCUT2D eigenvalue weighted by atomic mass is 127. The van der Waals surface area contributed by atoms with Crippen LogP contribution in [0.2, 0.25) is 0 Å². The van der Waals surface area contributed by atoms with Gasteiger partial charge in [0.25, 0.3) is 5.69 Å². The number of anilines is 1. The lowest BCUT2D eigenvalue weighted by atomic mass is 10.1.